The third kappa shape index (κ3) is 4.84. The number of amides is 1. The number of benzene rings is 1. The Morgan fingerprint density at radius 2 is 1.93 bits per heavy atom. The molecule has 0 aliphatic carbocycles. The van der Waals surface area contributed by atoms with Gasteiger partial charge in [0.25, 0.3) is 5.91 Å². The summed E-state index contributed by atoms with van der Waals surface area (Å²) in [4.78, 5) is 16.5. The van der Waals surface area contributed by atoms with E-state index < -0.39 is 10.0 Å². The first kappa shape index (κ1) is 19.8. The molecule has 8 heteroatoms. The lowest BCUT2D eigenvalue weighted by Gasteiger charge is -2.17. The van der Waals surface area contributed by atoms with Crippen molar-refractivity contribution in [2.75, 3.05) is 7.05 Å². The molecule has 0 bridgehead atoms. The largest absolute Gasteiger partial charge is 0.337 e. The lowest BCUT2D eigenvalue weighted by Crippen LogP contribution is -2.27. The lowest BCUT2D eigenvalue weighted by molar-refractivity contribution is 0.0786. The number of carbonyl (C=O) groups excluding carboxylic acids is 1. The van der Waals surface area contributed by atoms with E-state index in [0.29, 0.717) is 12.1 Å². The lowest BCUT2D eigenvalue weighted by atomic mass is 10.2. The zero-order valence-corrected chi connectivity index (χ0v) is 17.5. The first-order valence-electron chi connectivity index (χ1n) is 8.27. The summed E-state index contributed by atoms with van der Waals surface area (Å²) in [5.74, 6) is -0.210. The molecule has 27 heavy (non-hydrogen) atoms. The Morgan fingerprint density at radius 3 is 2.59 bits per heavy atom. The van der Waals surface area contributed by atoms with E-state index in [-0.39, 0.29) is 17.3 Å². The summed E-state index contributed by atoms with van der Waals surface area (Å²) in [6.07, 6.45) is 0. The van der Waals surface area contributed by atoms with Gasteiger partial charge in [0, 0.05) is 28.9 Å². The Morgan fingerprint density at radius 1 is 1.11 bits per heavy atom. The fourth-order valence-corrected chi connectivity index (χ4v) is 5.28. The SMILES string of the molecule is Cc1ccsc1CN(C)C(=O)c1cccc(S(=O)(=O)NCc2cccs2)c1. The van der Waals surface area contributed by atoms with Gasteiger partial charge in [-0.15, -0.1) is 22.7 Å². The van der Waals surface area contributed by atoms with Crippen LogP contribution in [0.5, 0.6) is 0 Å². The van der Waals surface area contributed by atoms with Crippen LogP contribution in [0.3, 0.4) is 0 Å². The van der Waals surface area contributed by atoms with E-state index in [1.54, 1.807) is 35.4 Å². The van der Waals surface area contributed by atoms with Crippen LogP contribution in [0.2, 0.25) is 0 Å². The van der Waals surface area contributed by atoms with Crippen LogP contribution in [0.4, 0.5) is 0 Å². The fraction of sp³-hybridized carbons (Fsp3) is 0.211. The molecule has 0 spiro atoms. The van der Waals surface area contributed by atoms with E-state index in [4.69, 9.17) is 0 Å². The quantitative estimate of drug-likeness (QED) is 0.631. The van der Waals surface area contributed by atoms with Gasteiger partial charge in [0.1, 0.15) is 0 Å². The molecule has 0 unspecified atom stereocenters. The fourth-order valence-electron chi connectivity index (χ4n) is 2.53. The Hall–Kier alpha value is -2.00. The van der Waals surface area contributed by atoms with Gasteiger partial charge in [-0.3, -0.25) is 4.79 Å². The molecule has 5 nitrogen and oxygen atoms in total. The van der Waals surface area contributed by atoms with Gasteiger partial charge in [-0.2, -0.15) is 0 Å². The third-order valence-corrected chi connectivity index (χ3v) is 7.39. The second kappa shape index (κ2) is 8.35. The minimum Gasteiger partial charge on any atom is -0.337 e. The number of nitrogens with one attached hydrogen (secondary N) is 1. The third-order valence-electron chi connectivity index (χ3n) is 4.10. The van der Waals surface area contributed by atoms with Crippen LogP contribution in [0.25, 0.3) is 0 Å². The van der Waals surface area contributed by atoms with Crippen LogP contribution in [0, 0.1) is 6.92 Å². The van der Waals surface area contributed by atoms with E-state index in [1.807, 2.05) is 35.9 Å². The second-order valence-corrected chi connectivity index (χ2v) is 9.92. The number of aryl methyl sites for hydroxylation is 1. The van der Waals surface area contributed by atoms with Gasteiger partial charge in [0.15, 0.2) is 0 Å². The summed E-state index contributed by atoms with van der Waals surface area (Å²) in [6.45, 7) is 2.74. The molecular formula is C19H20N2O3S3. The molecular weight excluding hydrogens is 400 g/mol. The Bertz CT molecular complexity index is 1020. The van der Waals surface area contributed by atoms with Gasteiger partial charge < -0.3 is 4.90 Å². The van der Waals surface area contributed by atoms with Crippen molar-refractivity contribution in [3.8, 4) is 0 Å². The highest BCUT2D eigenvalue weighted by atomic mass is 32.2. The summed E-state index contributed by atoms with van der Waals surface area (Å²) in [5.41, 5.74) is 1.50. The molecule has 1 amide bonds. The van der Waals surface area contributed by atoms with Crippen molar-refractivity contribution in [1.82, 2.24) is 9.62 Å². The minimum absolute atomic E-state index is 0.0885. The molecule has 0 aliphatic rings. The van der Waals surface area contributed by atoms with E-state index in [0.717, 1.165) is 15.3 Å². The minimum atomic E-state index is -3.69. The van der Waals surface area contributed by atoms with Gasteiger partial charge in [0.2, 0.25) is 10.0 Å². The average Bonchev–Trinajstić information content (AvgIpc) is 3.32. The molecule has 0 saturated heterocycles. The number of thiophene rings is 2. The van der Waals surface area contributed by atoms with E-state index in [2.05, 4.69) is 4.72 Å². The maximum atomic E-state index is 12.7. The van der Waals surface area contributed by atoms with Crippen LogP contribution in [0.1, 0.15) is 25.7 Å². The number of hydrogen-bond donors (Lipinski definition) is 1. The van der Waals surface area contributed by atoms with Crippen molar-refractivity contribution in [3.63, 3.8) is 0 Å². The number of carbonyl (C=O) groups is 1. The molecule has 0 atom stereocenters. The Labute approximate surface area is 167 Å². The molecule has 3 rings (SSSR count). The summed E-state index contributed by atoms with van der Waals surface area (Å²) >= 11 is 3.09. The van der Waals surface area contributed by atoms with Gasteiger partial charge in [-0.25, -0.2) is 13.1 Å². The van der Waals surface area contributed by atoms with Gasteiger partial charge in [0.05, 0.1) is 11.4 Å². The molecule has 1 aromatic carbocycles. The van der Waals surface area contributed by atoms with Crippen LogP contribution in [-0.4, -0.2) is 26.3 Å². The highest BCUT2D eigenvalue weighted by Crippen LogP contribution is 2.19. The van der Waals surface area contributed by atoms with Gasteiger partial charge in [-0.1, -0.05) is 12.1 Å². The number of sulfonamides is 1. The summed E-state index contributed by atoms with van der Waals surface area (Å²) < 4.78 is 27.7. The standard InChI is InChI=1S/C19H20N2O3S3/c1-14-8-10-26-18(14)13-21(2)19(22)15-5-3-7-17(11-15)27(23,24)20-12-16-6-4-9-25-16/h3-11,20H,12-13H2,1-2H3. The van der Waals surface area contributed by atoms with Gasteiger partial charge in [-0.05, 0) is 53.6 Å². The number of rotatable bonds is 7. The highest BCUT2D eigenvalue weighted by molar-refractivity contribution is 7.89. The first-order chi connectivity index (χ1) is 12.9. The van der Waals surface area contributed by atoms with Crippen molar-refractivity contribution < 1.29 is 13.2 Å². The van der Waals surface area contributed by atoms with E-state index in [1.165, 1.54) is 23.5 Å². The van der Waals surface area contributed by atoms with Crippen LogP contribution >= 0.6 is 22.7 Å². The van der Waals surface area contributed by atoms with E-state index >= 15 is 0 Å². The predicted molar refractivity (Wildman–Crippen MR) is 110 cm³/mol. The van der Waals surface area contributed by atoms with Crippen LogP contribution in [0.15, 0.2) is 58.1 Å². The van der Waals surface area contributed by atoms with Crippen molar-refractivity contribution >= 4 is 38.6 Å². The zero-order chi connectivity index (χ0) is 19.4. The molecule has 1 N–H and O–H groups in total. The molecule has 0 saturated carbocycles. The number of nitrogens with zero attached hydrogens (tertiary/aromatic N) is 1. The summed E-state index contributed by atoms with van der Waals surface area (Å²) in [7, 11) is -1.97. The summed E-state index contributed by atoms with van der Waals surface area (Å²) in [6, 6.07) is 11.9. The smallest absolute Gasteiger partial charge is 0.253 e. The topological polar surface area (TPSA) is 66.5 Å². The van der Waals surface area contributed by atoms with Crippen molar-refractivity contribution in [1.29, 1.82) is 0 Å². The average molecular weight is 421 g/mol. The van der Waals surface area contributed by atoms with E-state index in [9.17, 15) is 13.2 Å². The number of hydrogen-bond acceptors (Lipinski definition) is 5. The van der Waals surface area contributed by atoms with Crippen molar-refractivity contribution in [2.24, 2.45) is 0 Å². The normalized spacial score (nSPS) is 11.5. The maximum absolute atomic E-state index is 12.7. The Balaban J connectivity index is 1.74. The van der Waals surface area contributed by atoms with Crippen LogP contribution in [-0.2, 0) is 23.1 Å². The molecule has 2 heterocycles. The van der Waals surface area contributed by atoms with Crippen molar-refractivity contribution in [3.05, 3.63) is 74.1 Å². The highest BCUT2D eigenvalue weighted by Gasteiger charge is 2.18. The maximum Gasteiger partial charge on any atom is 0.253 e. The summed E-state index contributed by atoms with van der Waals surface area (Å²) in [5, 5.41) is 3.89. The second-order valence-electron chi connectivity index (χ2n) is 6.12. The Kier molecular flexibility index (Phi) is 6.11. The predicted octanol–water partition coefficient (Wildman–Crippen LogP) is 3.87. The van der Waals surface area contributed by atoms with Gasteiger partial charge >= 0.3 is 0 Å². The zero-order valence-electron chi connectivity index (χ0n) is 15.0. The monoisotopic (exact) mass is 420 g/mol. The first-order valence-corrected chi connectivity index (χ1v) is 11.5. The molecule has 3 aromatic rings. The molecule has 2 aromatic heterocycles. The molecule has 142 valence electrons. The molecule has 0 fully saturated rings. The molecule has 0 aliphatic heterocycles. The van der Waals surface area contributed by atoms with Crippen molar-refractivity contribution in [2.45, 2.75) is 24.9 Å². The molecule has 0 radical (unpaired) electrons. The van der Waals surface area contributed by atoms with Crippen LogP contribution < -0.4 is 4.72 Å².